The Morgan fingerprint density at radius 1 is 1.03 bits per heavy atom. The molecule has 0 radical (unpaired) electrons. The van der Waals surface area contributed by atoms with Crippen LogP contribution >= 0.6 is 0 Å². The average molecular weight is 392 g/mol. The van der Waals surface area contributed by atoms with Crippen molar-refractivity contribution >= 4 is 17.6 Å². The van der Waals surface area contributed by atoms with Crippen molar-refractivity contribution in [3.05, 3.63) is 65.2 Å². The van der Waals surface area contributed by atoms with Crippen LogP contribution in [0, 0.1) is 0 Å². The molecule has 5 nitrogen and oxygen atoms in total. The second-order valence-corrected chi connectivity index (χ2v) is 8.22. The maximum atomic E-state index is 13.1. The van der Waals surface area contributed by atoms with E-state index in [9.17, 15) is 9.59 Å². The molecule has 0 aromatic heterocycles. The highest BCUT2D eigenvalue weighted by molar-refractivity contribution is 6.07. The first-order valence-electron chi connectivity index (χ1n) is 10.7. The van der Waals surface area contributed by atoms with Gasteiger partial charge in [-0.25, -0.2) is 4.79 Å². The highest BCUT2D eigenvalue weighted by Crippen LogP contribution is 2.34. The van der Waals surface area contributed by atoms with Gasteiger partial charge in [0.2, 0.25) is 0 Å². The molecule has 3 amide bonds. The zero-order valence-corrected chi connectivity index (χ0v) is 17.0. The largest absolute Gasteiger partial charge is 0.335 e. The van der Waals surface area contributed by atoms with E-state index in [4.69, 9.17) is 0 Å². The molecule has 1 atom stereocenters. The minimum absolute atomic E-state index is 0.0250. The molecule has 1 heterocycles. The van der Waals surface area contributed by atoms with E-state index < -0.39 is 0 Å². The minimum atomic E-state index is -0.108. The standard InChI is InChI=1S/C24H29N3O2/c1-17-14-20-13-12-18(16-25-24(29)26-21-10-6-3-7-11-21)15-22(20)27(17)23(28)19-8-4-2-5-9-19/h2,4-5,8-9,12-13,15,17,21H,3,6-7,10-11,14,16H2,1H3,(H2,25,26,29). The first-order chi connectivity index (χ1) is 14.1. The summed E-state index contributed by atoms with van der Waals surface area (Å²) in [5, 5.41) is 6.05. The van der Waals surface area contributed by atoms with Gasteiger partial charge in [0.1, 0.15) is 0 Å². The van der Waals surface area contributed by atoms with E-state index in [0.29, 0.717) is 18.2 Å². The second kappa shape index (κ2) is 8.68. The molecule has 2 N–H and O–H groups in total. The van der Waals surface area contributed by atoms with Gasteiger partial charge in [-0.2, -0.15) is 0 Å². The fraction of sp³-hybridized carbons (Fsp3) is 0.417. The molecular formula is C24H29N3O2. The lowest BCUT2D eigenvalue weighted by Gasteiger charge is -2.24. The maximum absolute atomic E-state index is 13.1. The number of nitrogens with one attached hydrogen (secondary N) is 2. The highest BCUT2D eigenvalue weighted by Gasteiger charge is 2.31. The van der Waals surface area contributed by atoms with Gasteiger partial charge in [-0.1, -0.05) is 49.6 Å². The number of carbonyl (C=O) groups excluding carboxylic acids is 2. The van der Waals surface area contributed by atoms with Crippen LogP contribution < -0.4 is 15.5 Å². The minimum Gasteiger partial charge on any atom is -0.335 e. The number of hydrogen-bond acceptors (Lipinski definition) is 2. The van der Waals surface area contributed by atoms with Gasteiger partial charge in [-0.3, -0.25) is 4.79 Å². The lowest BCUT2D eigenvalue weighted by atomic mass is 9.96. The lowest BCUT2D eigenvalue weighted by molar-refractivity contribution is 0.0981. The van der Waals surface area contributed by atoms with E-state index in [-0.39, 0.29) is 18.0 Å². The van der Waals surface area contributed by atoms with Crippen LogP contribution in [-0.2, 0) is 13.0 Å². The average Bonchev–Trinajstić information content (AvgIpc) is 3.08. The smallest absolute Gasteiger partial charge is 0.315 e. The van der Waals surface area contributed by atoms with Gasteiger partial charge in [-0.05, 0) is 55.5 Å². The van der Waals surface area contributed by atoms with Crippen molar-refractivity contribution in [1.82, 2.24) is 10.6 Å². The van der Waals surface area contributed by atoms with Crippen molar-refractivity contribution in [2.24, 2.45) is 0 Å². The van der Waals surface area contributed by atoms with E-state index in [0.717, 1.165) is 30.5 Å². The van der Waals surface area contributed by atoms with Crippen molar-refractivity contribution in [3.8, 4) is 0 Å². The predicted molar refractivity (Wildman–Crippen MR) is 115 cm³/mol. The van der Waals surface area contributed by atoms with Gasteiger partial charge in [0.15, 0.2) is 0 Å². The summed E-state index contributed by atoms with van der Waals surface area (Å²) >= 11 is 0. The maximum Gasteiger partial charge on any atom is 0.315 e. The van der Waals surface area contributed by atoms with Crippen LogP contribution in [0.3, 0.4) is 0 Å². The third kappa shape index (κ3) is 4.44. The van der Waals surface area contributed by atoms with Crippen molar-refractivity contribution in [1.29, 1.82) is 0 Å². The number of hydrogen-bond donors (Lipinski definition) is 2. The zero-order chi connectivity index (χ0) is 20.2. The van der Waals surface area contributed by atoms with Gasteiger partial charge in [0.05, 0.1) is 0 Å². The molecule has 29 heavy (non-hydrogen) atoms. The third-order valence-electron chi connectivity index (χ3n) is 6.00. The van der Waals surface area contributed by atoms with Gasteiger partial charge in [0.25, 0.3) is 5.91 Å². The monoisotopic (exact) mass is 391 g/mol. The van der Waals surface area contributed by atoms with Crippen LogP contribution in [0.5, 0.6) is 0 Å². The number of rotatable bonds is 4. The lowest BCUT2D eigenvalue weighted by Crippen LogP contribution is -2.42. The number of benzene rings is 2. The molecular weight excluding hydrogens is 362 g/mol. The molecule has 2 aromatic carbocycles. The number of carbonyl (C=O) groups is 2. The fourth-order valence-electron chi connectivity index (χ4n) is 4.46. The summed E-state index contributed by atoms with van der Waals surface area (Å²) in [6, 6.07) is 15.9. The van der Waals surface area contributed by atoms with E-state index in [1.807, 2.05) is 47.4 Å². The van der Waals surface area contributed by atoms with Crippen molar-refractivity contribution in [2.75, 3.05) is 4.90 Å². The molecule has 0 bridgehead atoms. The summed E-state index contributed by atoms with van der Waals surface area (Å²) in [5.74, 6) is 0.0250. The van der Waals surface area contributed by atoms with Gasteiger partial charge in [0, 0.05) is 29.9 Å². The number of nitrogens with zero attached hydrogens (tertiary/aromatic N) is 1. The normalized spacial score (nSPS) is 18.9. The summed E-state index contributed by atoms with van der Waals surface area (Å²) in [7, 11) is 0. The Bertz CT molecular complexity index is 875. The van der Waals surface area contributed by atoms with Crippen molar-refractivity contribution < 1.29 is 9.59 Å². The highest BCUT2D eigenvalue weighted by atomic mass is 16.2. The predicted octanol–water partition coefficient (Wildman–Crippen LogP) is 4.41. The molecule has 152 valence electrons. The van der Waals surface area contributed by atoms with Crippen LogP contribution in [0.2, 0.25) is 0 Å². The van der Waals surface area contributed by atoms with Gasteiger partial charge >= 0.3 is 6.03 Å². The molecule has 4 rings (SSSR count). The summed E-state index contributed by atoms with van der Waals surface area (Å²) in [6.07, 6.45) is 6.65. The topological polar surface area (TPSA) is 61.4 Å². The van der Waals surface area contributed by atoms with E-state index in [2.05, 4.69) is 23.6 Å². The first-order valence-corrected chi connectivity index (χ1v) is 10.7. The molecule has 1 unspecified atom stereocenters. The fourth-order valence-corrected chi connectivity index (χ4v) is 4.46. The Kier molecular flexibility index (Phi) is 5.84. The Labute approximate surface area is 172 Å². The van der Waals surface area contributed by atoms with Crippen LogP contribution in [0.25, 0.3) is 0 Å². The number of anilines is 1. The first kappa shape index (κ1) is 19.5. The number of fused-ring (bicyclic) bond motifs is 1. The molecule has 5 heteroatoms. The summed E-state index contributed by atoms with van der Waals surface area (Å²) in [4.78, 5) is 27.2. The van der Waals surface area contributed by atoms with Crippen LogP contribution in [-0.4, -0.2) is 24.0 Å². The van der Waals surface area contributed by atoms with Gasteiger partial charge < -0.3 is 15.5 Å². The molecule has 2 aliphatic rings. The van der Waals surface area contributed by atoms with Crippen LogP contribution in [0.1, 0.15) is 60.5 Å². The van der Waals surface area contributed by atoms with E-state index in [1.165, 1.54) is 24.8 Å². The quantitative estimate of drug-likeness (QED) is 0.811. The molecule has 0 saturated heterocycles. The number of amides is 3. The summed E-state index contributed by atoms with van der Waals surface area (Å²) in [5.41, 5.74) is 3.83. The molecule has 1 saturated carbocycles. The van der Waals surface area contributed by atoms with Gasteiger partial charge in [-0.15, -0.1) is 0 Å². The summed E-state index contributed by atoms with van der Waals surface area (Å²) < 4.78 is 0. The second-order valence-electron chi connectivity index (χ2n) is 8.22. The SMILES string of the molecule is CC1Cc2ccc(CNC(=O)NC3CCCCC3)cc2N1C(=O)c1ccccc1. The molecule has 1 fully saturated rings. The Balaban J connectivity index is 1.43. The summed E-state index contributed by atoms with van der Waals surface area (Å²) in [6.45, 7) is 2.53. The van der Waals surface area contributed by atoms with E-state index >= 15 is 0 Å². The zero-order valence-electron chi connectivity index (χ0n) is 17.0. The Morgan fingerprint density at radius 3 is 2.55 bits per heavy atom. The van der Waals surface area contributed by atoms with E-state index in [1.54, 1.807) is 0 Å². The molecule has 0 spiro atoms. The Morgan fingerprint density at radius 2 is 1.79 bits per heavy atom. The van der Waals surface area contributed by atoms with Crippen LogP contribution in [0.15, 0.2) is 48.5 Å². The van der Waals surface area contributed by atoms with Crippen molar-refractivity contribution in [2.45, 2.75) is 64.1 Å². The molecule has 2 aromatic rings. The number of urea groups is 1. The molecule has 1 aliphatic heterocycles. The molecule has 1 aliphatic carbocycles. The van der Waals surface area contributed by atoms with Crippen LogP contribution in [0.4, 0.5) is 10.5 Å². The van der Waals surface area contributed by atoms with Crippen molar-refractivity contribution in [3.63, 3.8) is 0 Å². The Hall–Kier alpha value is -2.82. The third-order valence-corrected chi connectivity index (χ3v) is 6.00.